The number of carboxylic acid groups (broad SMARTS) is 1. The summed E-state index contributed by atoms with van der Waals surface area (Å²) in [5.74, 6) is 0.0870. The molecule has 1 atom stereocenters. The molecule has 20 heavy (non-hydrogen) atoms. The number of nitrogens with zero attached hydrogens (tertiary/aromatic N) is 1. The van der Waals surface area contributed by atoms with E-state index in [2.05, 4.69) is 4.98 Å². The van der Waals surface area contributed by atoms with Crippen molar-refractivity contribution in [1.29, 1.82) is 0 Å². The second kappa shape index (κ2) is 7.09. The number of rotatable bonds is 8. The molecule has 0 aliphatic heterocycles. The van der Waals surface area contributed by atoms with E-state index in [-0.39, 0.29) is 13.0 Å². The molecule has 112 valence electrons. The molecule has 1 heterocycles. The van der Waals surface area contributed by atoms with Crippen LogP contribution in [-0.4, -0.2) is 36.8 Å². The second-order valence-electron chi connectivity index (χ2n) is 4.71. The lowest BCUT2D eigenvalue weighted by Gasteiger charge is -2.28. The largest absolute Gasteiger partial charge is 0.493 e. The molecule has 6 nitrogen and oxygen atoms in total. The van der Waals surface area contributed by atoms with Gasteiger partial charge in [0.15, 0.2) is 11.5 Å². The van der Waals surface area contributed by atoms with Crippen LogP contribution in [0.3, 0.4) is 0 Å². The van der Waals surface area contributed by atoms with E-state index in [4.69, 9.17) is 15.2 Å². The molecule has 0 radical (unpaired) electrons. The highest BCUT2D eigenvalue weighted by molar-refractivity contribution is 5.75. The lowest BCUT2D eigenvalue weighted by atomic mass is 9.79. The molecule has 1 unspecified atom stereocenters. The summed E-state index contributed by atoms with van der Waals surface area (Å²) in [5, 5.41) is 9.53. The Hall–Kier alpha value is -1.82. The van der Waals surface area contributed by atoms with Crippen molar-refractivity contribution in [2.75, 3.05) is 20.8 Å². The monoisotopic (exact) mass is 282 g/mol. The fourth-order valence-electron chi connectivity index (χ4n) is 2.31. The van der Waals surface area contributed by atoms with E-state index in [1.807, 2.05) is 6.92 Å². The van der Waals surface area contributed by atoms with Gasteiger partial charge in [-0.2, -0.15) is 0 Å². The van der Waals surface area contributed by atoms with E-state index in [1.54, 1.807) is 12.3 Å². The van der Waals surface area contributed by atoms with Crippen molar-refractivity contribution in [3.05, 3.63) is 18.0 Å². The van der Waals surface area contributed by atoms with Gasteiger partial charge in [-0.05, 0) is 6.42 Å². The number of nitrogens with two attached hydrogens (primary N) is 1. The fraction of sp³-hybridized carbons (Fsp3) is 0.571. The van der Waals surface area contributed by atoms with Crippen LogP contribution in [0.4, 0.5) is 0 Å². The number of pyridine rings is 1. The highest BCUT2D eigenvalue weighted by Gasteiger charge is 2.38. The minimum Gasteiger partial charge on any atom is -0.493 e. The highest BCUT2D eigenvalue weighted by Crippen LogP contribution is 2.35. The first-order valence-electron chi connectivity index (χ1n) is 6.54. The molecule has 0 bridgehead atoms. The SMILES string of the molecule is CCCC(CN)(Cc1nccc(OC)c1OC)C(=O)O. The lowest BCUT2D eigenvalue weighted by molar-refractivity contribution is -0.148. The third kappa shape index (κ3) is 3.19. The summed E-state index contributed by atoms with van der Waals surface area (Å²) in [6, 6.07) is 1.67. The molecule has 3 N–H and O–H groups in total. The van der Waals surface area contributed by atoms with Crippen molar-refractivity contribution in [1.82, 2.24) is 4.98 Å². The number of carboxylic acids is 1. The Labute approximate surface area is 118 Å². The Kier molecular flexibility index (Phi) is 5.76. The Morgan fingerprint density at radius 1 is 1.45 bits per heavy atom. The van der Waals surface area contributed by atoms with Gasteiger partial charge in [-0.1, -0.05) is 13.3 Å². The molecule has 1 aromatic heterocycles. The van der Waals surface area contributed by atoms with Crippen LogP contribution in [-0.2, 0) is 11.2 Å². The van der Waals surface area contributed by atoms with Crippen LogP contribution in [0.25, 0.3) is 0 Å². The van der Waals surface area contributed by atoms with Crippen LogP contribution in [0.5, 0.6) is 11.5 Å². The average molecular weight is 282 g/mol. The van der Waals surface area contributed by atoms with Crippen molar-refractivity contribution < 1.29 is 19.4 Å². The average Bonchev–Trinajstić information content (AvgIpc) is 2.45. The Balaban J connectivity index is 3.20. The Morgan fingerprint density at radius 2 is 2.15 bits per heavy atom. The molecule has 0 aliphatic carbocycles. The molecule has 0 fully saturated rings. The van der Waals surface area contributed by atoms with Crippen molar-refractivity contribution in [3.8, 4) is 11.5 Å². The van der Waals surface area contributed by atoms with E-state index in [0.717, 1.165) is 6.42 Å². The van der Waals surface area contributed by atoms with Crippen molar-refractivity contribution in [2.24, 2.45) is 11.1 Å². The third-order valence-corrected chi connectivity index (χ3v) is 3.45. The van der Waals surface area contributed by atoms with Gasteiger partial charge in [-0.15, -0.1) is 0 Å². The fourth-order valence-corrected chi connectivity index (χ4v) is 2.31. The summed E-state index contributed by atoms with van der Waals surface area (Å²) >= 11 is 0. The number of hydrogen-bond acceptors (Lipinski definition) is 5. The summed E-state index contributed by atoms with van der Waals surface area (Å²) in [6.07, 6.45) is 3.01. The van der Waals surface area contributed by atoms with Gasteiger partial charge in [0.2, 0.25) is 0 Å². The zero-order valence-corrected chi connectivity index (χ0v) is 12.2. The van der Waals surface area contributed by atoms with Gasteiger partial charge in [0.05, 0.1) is 25.3 Å². The van der Waals surface area contributed by atoms with Gasteiger partial charge in [-0.25, -0.2) is 0 Å². The summed E-state index contributed by atoms with van der Waals surface area (Å²) < 4.78 is 10.5. The number of aromatic nitrogens is 1. The number of aliphatic carboxylic acids is 1. The number of carbonyl (C=O) groups is 1. The number of hydrogen-bond donors (Lipinski definition) is 2. The summed E-state index contributed by atoms with van der Waals surface area (Å²) in [7, 11) is 3.04. The van der Waals surface area contributed by atoms with Gasteiger partial charge in [0.1, 0.15) is 0 Å². The molecule has 0 saturated carbocycles. The number of methoxy groups -OCH3 is 2. The first kappa shape index (κ1) is 16.2. The summed E-state index contributed by atoms with van der Waals surface area (Å²) in [5.41, 5.74) is 5.25. The van der Waals surface area contributed by atoms with E-state index in [1.165, 1.54) is 14.2 Å². The minimum absolute atomic E-state index is 0.0538. The molecule has 0 aromatic carbocycles. The van der Waals surface area contributed by atoms with Crippen LogP contribution in [0.2, 0.25) is 0 Å². The number of ether oxygens (including phenoxy) is 2. The molecule has 1 rings (SSSR count). The first-order chi connectivity index (χ1) is 9.54. The van der Waals surface area contributed by atoms with Crippen LogP contribution < -0.4 is 15.2 Å². The molecular weight excluding hydrogens is 260 g/mol. The van der Waals surface area contributed by atoms with Crippen LogP contribution in [0.1, 0.15) is 25.5 Å². The maximum absolute atomic E-state index is 11.6. The molecule has 1 aromatic rings. The zero-order chi connectivity index (χ0) is 15.2. The first-order valence-corrected chi connectivity index (χ1v) is 6.54. The van der Waals surface area contributed by atoms with Gasteiger partial charge in [-0.3, -0.25) is 9.78 Å². The van der Waals surface area contributed by atoms with E-state index in [0.29, 0.717) is 23.6 Å². The predicted molar refractivity (Wildman–Crippen MR) is 75.1 cm³/mol. The van der Waals surface area contributed by atoms with Gasteiger partial charge < -0.3 is 20.3 Å². The zero-order valence-electron chi connectivity index (χ0n) is 12.2. The maximum Gasteiger partial charge on any atom is 0.311 e. The Morgan fingerprint density at radius 3 is 2.60 bits per heavy atom. The second-order valence-corrected chi connectivity index (χ2v) is 4.71. The highest BCUT2D eigenvalue weighted by atomic mass is 16.5. The van der Waals surface area contributed by atoms with Gasteiger partial charge in [0.25, 0.3) is 0 Å². The van der Waals surface area contributed by atoms with E-state index in [9.17, 15) is 9.90 Å². The quantitative estimate of drug-likeness (QED) is 0.749. The Bertz CT molecular complexity index is 464. The summed E-state index contributed by atoms with van der Waals surface area (Å²) in [6.45, 7) is 1.99. The smallest absolute Gasteiger partial charge is 0.311 e. The molecule has 0 amide bonds. The predicted octanol–water partition coefficient (Wildman–Crippen LogP) is 1.47. The van der Waals surface area contributed by atoms with E-state index >= 15 is 0 Å². The minimum atomic E-state index is -1.03. The van der Waals surface area contributed by atoms with Crippen LogP contribution in [0.15, 0.2) is 12.3 Å². The normalized spacial score (nSPS) is 13.6. The van der Waals surface area contributed by atoms with Crippen LogP contribution >= 0.6 is 0 Å². The topological polar surface area (TPSA) is 94.7 Å². The van der Waals surface area contributed by atoms with Crippen molar-refractivity contribution in [3.63, 3.8) is 0 Å². The molecular formula is C14H22N2O4. The van der Waals surface area contributed by atoms with Crippen molar-refractivity contribution in [2.45, 2.75) is 26.2 Å². The molecule has 0 saturated heterocycles. The van der Waals surface area contributed by atoms with Gasteiger partial charge in [0, 0.05) is 25.2 Å². The van der Waals surface area contributed by atoms with Crippen LogP contribution in [0, 0.1) is 5.41 Å². The standard InChI is InChI=1S/C14H22N2O4/c1-4-6-14(9-15,13(17)18)8-10-12(20-3)11(19-2)5-7-16-10/h5,7H,4,6,8-9,15H2,1-3H3,(H,17,18). The maximum atomic E-state index is 11.6. The molecule has 0 spiro atoms. The summed E-state index contributed by atoms with van der Waals surface area (Å²) in [4.78, 5) is 15.9. The molecule has 0 aliphatic rings. The van der Waals surface area contributed by atoms with E-state index < -0.39 is 11.4 Å². The molecule has 6 heteroatoms. The van der Waals surface area contributed by atoms with Crippen molar-refractivity contribution >= 4 is 5.97 Å². The van der Waals surface area contributed by atoms with Gasteiger partial charge >= 0.3 is 5.97 Å². The third-order valence-electron chi connectivity index (χ3n) is 3.45. The lowest BCUT2D eigenvalue weighted by Crippen LogP contribution is -2.40.